The summed E-state index contributed by atoms with van der Waals surface area (Å²) in [4.78, 5) is -0.363. The van der Waals surface area contributed by atoms with Crippen molar-refractivity contribution >= 4 is 27.5 Å². The fraction of sp³-hybridized carbons (Fsp3) is 0.118. The second-order valence-electron chi connectivity index (χ2n) is 5.01. The maximum absolute atomic E-state index is 13.3. The molecule has 2 rings (SSSR count). The highest BCUT2D eigenvalue weighted by Crippen LogP contribution is 2.20. The first-order chi connectivity index (χ1) is 10.8. The molecule has 0 bridgehead atoms. The van der Waals surface area contributed by atoms with Crippen molar-refractivity contribution in [3.8, 4) is 6.07 Å². The highest BCUT2D eigenvalue weighted by Gasteiger charge is 2.18. The number of sulfone groups is 1. The smallest absolute Gasteiger partial charge is 0.192 e. The molecule has 0 radical (unpaired) electrons. The van der Waals surface area contributed by atoms with Crippen LogP contribution in [-0.4, -0.2) is 8.42 Å². The van der Waals surface area contributed by atoms with Crippen LogP contribution in [0.25, 0.3) is 6.08 Å². The minimum absolute atomic E-state index is 0.302. The molecule has 0 aliphatic carbocycles. The van der Waals surface area contributed by atoms with E-state index in [9.17, 15) is 18.1 Å². The second-order valence-corrected chi connectivity index (χ2v) is 7.41. The molecule has 0 saturated heterocycles. The van der Waals surface area contributed by atoms with Gasteiger partial charge in [-0.05, 0) is 54.0 Å². The number of benzene rings is 2. The van der Waals surface area contributed by atoms with Gasteiger partial charge in [0.2, 0.25) is 0 Å². The summed E-state index contributed by atoms with van der Waals surface area (Å²) in [5.41, 5.74) is 1.37. The summed E-state index contributed by atoms with van der Waals surface area (Å²) in [6.45, 7) is 1.57. The summed E-state index contributed by atoms with van der Waals surface area (Å²) < 4.78 is 38.0. The fourth-order valence-electron chi connectivity index (χ4n) is 1.98. The molecule has 0 aliphatic heterocycles. The first-order valence-electron chi connectivity index (χ1n) is 6.67. The third kappa shape index (κ3) is 4.41. The van der Waals surface area contributed by atoms with Crippen molar-refractivity contribution in [2.45, 2.75) is 12.7 Å². The minimum atomic E-state index is -3.80. The summed E-state index contributed by atoms with van der Waals surface area (Å²) in [6.07, 6.45) is 1.25. The molecular weight excluding hydrogens is 337 g/mol. The van der Waals surface area contributed by atoms with Crippen molar-refractivity contribution in [2.24, 2.45) is 0 Å². The van der Waals surface area contributed by atoms with E-state index in [4.69, 9.17) is 11.6 Å². The molecule has 2 aromatic rings. The summed E-state index contributed by atoms with van der Waals surface area (Å²) in [5.74, 6) is -0.686. The molecular formula is C17H13ClFNO2S. The fourth-order valence-corrected chi connectivity index (χ4v) is 3.35. The van der Waals surface area contributed by atoms with E-state index in [1.54, 1.807) is 37.3 Å². The molecule has 0 aromatic heterocycles. The van der Waals surface area contributed by atoms with Crippen molar-refractivity contribution in [3.05, 3.63) is 74.9 Å². The molecule has 0 amide bonds. The lowest BCUT2D eigenvalue weighted by atomic mass is 10.1. The molecule has 0 atom stereocenters. The van der Waals surface area contributed by atoms with Gasteiger partial charge >= 0.3 is 0 Å². The first-order valence-corrected chi connectivity index (χ1v) is 8.70. The molecule has 23 heavy (non-hydrogen) atoms. The van der Waals surface area contributed by atoms with Crippen molar-refractivity contribution in [1.82, 2.24) is 0 Å². The third-order valence-electron chi connectivity index (χ3n) is 3.19. The van der Waals surface area contributed by atoms with Gasteiger partial charge in [0.05, 0.1) is 5.75 Å². The Labute approximate surface area is 139 Å². The van der Waals surface area contributed by atoms with Crippen LogP contribution in [0.4, 0.5) is 4.39 Å². The van der Waals surface area contributed by atoms with Gasteiger partial charge in [0.1, 0.15) is 16.8 Å². The Morgan fingerprint density at radius 2 is 1.91 bits per heavy atom. The predicted molar refractivity (Wildman–Crippen MR) is 88.8 cm³/mol. The molecule has 0 unspecified atom stereocenters. The SMILES string of the molecule is Cc1cc(/C=C(\C#N)S(=O)(=O)Cc2ccc(Cl)cc2)ccc1F. The Balaban J connectivity index is 2.34. The van der Waals surface area contributed by atoms with Crippen LogP contribution in [0.15, 0.2) is 47.4 Å². The predicted octanol–water partition coefficient (Wildman–Crippen LogP) is 4.27. The van der Waals surface area contributed by atoms with Crippen molar-refractivity contribution in [2.75, 3.05) is 0 Å². The number of aryl methyl sites for hydroxylation is 1. The Kier molecular flexibility index (Phi) is 5.19. The van der Waals surface area contributed by atoms with Crippen LogP contribution < -0.4 is 0 Å². The molecule has 6 heteroatoms. The Morgan fingerprint density at radius 1 is 1.26 bits per heavy atom. The first kappa shape index (κ1) is 17.2. The Morgan fingerprint density at radius 3 is 2.48 bits per heavy atom. The number of halogens is 2. The summed E-state index contributed by atoms with van der Waals surface area (Å²) >= 11 is 5.76. The van der Waals surface area contributed by atoms with E-state index in [2.05, 4.69) is 0 Å². The summed E-state index contributed by atoms with van der Waals surface area (Å²) in [5, 5.41) is 9.68. The topological polar surface area (TPSA) is 57.9 Å². The highest BCUT2D eigenvalue weighted by molar-refractivity contribution is 7.95. The molecule has 3 nitrogen and oxygen atoms in total. The van der Waals surface area contributed by atoms with Gasteiger partial charge in [-0.15, -0.1) is 0 Å². The largest absolute Gasteiger partial charge is 0.223 e. The molecule has 0 aliphatic rings. The lowest BCUT2D eigenvalue weighted by molar-refractivity contribution is 0.602. The molecule has 2 aromatic carbocycles. The molecule has 0 saturated carbocycles. The van der Waals surface area contributed by atoms with Gasteiger partial charge in [-0.2, -0.15) is 5.26 Å². The van der Waals surface area contributed by atoms with Crippen LogP contribution >= 0.6 is 11.6 Å². The van der Waals surface area contributed by atoms with Gasteiger partial charge < -0.3 is 0 Å². The van der Waals surface area contributed by atoms with Crippen LogP contribution in [0.2, 0.25) is 5.02 Å². The van der Waals surface area contributed by atoms with Crippen LogP contribution in [-0.2, 0) is 15.6 Å². The zero-order chi connectivity index (χ0) is 17.0. The quantitative estimate of drug-likeness (QED) is 0.774. The maximum Gasteiger partial charge on any atom is 0.192 e. The molecule has 0 fully saturated rings. The Bertz CT molecular complexity index is 897. The number of hydrogen-bond donors (Lipinski definition) is 0. The van der Waals surface area contributed by atoms with Crippen molar-refractivity contribution in [3.63, 3.8) is 0 Å². The monoisotopic (exact) mass is 349 g/mol. The van der Waals surface area contributed by atoms with Crippen LogP contribution in [0.3, 0.4) is 0 Å². The minimum Gasteiger partial charge on any atom is -0.223 e. The number of nitriles is 1. The number of rotatable bonds is 4. The van der Waals surface area contributed by atoms with Crippen molar-refractivity contribution < 1.29 is 12.8 Å². The normalized spacial score (nSPS) is 12.0. The van der Waals surface area contributed by atoms with E-state index in [-0.39, 0.29) is 16.5 Å². The molecule has 0 spiro atoms. The standard InChI is InChI=1S/C17H13ClFNO2S/c1-12-8-14(4-7-17(12)19)9-16(10-20)23(21,22)11-13-2-5-15(18)6-3-13/h2-9H,11H2,1H3/b16-9+. The highest BCUT2D eigenvalue weighted by atomic mass is 35.5. The van der Waals surface area contributed by atoms with Crippen molar-refractivity contribution in [1.29, 1.82) is 5.26 Å². The number of hydrogen-bond acceptors (Lipinski definition) is 3. The average molecular weight is 350 g/mol. The van der Waals surface area contributed by atoms with E-state index in [1.165, 1.54) is 24.3 Å². The summed E-state index contributed by atoms with van der Waals surface area (Å²) in [6, 6.07) is 12.2. The Hall–Kier alpha value is -2.16. The molecule has 0 heterocycles. The van der Waals surface area contributed by atoms with Crippen LogP contribution in [0.5, 0.6) is 0 Å². The van der Waals surface area contributed by atoms with E-state index in [0.717, 1.165) is 0 Å². The average Bonchev–Trinajstić information content (AvgIpc) is 2.50. The summed E-state index contributed by atoms with van der Waals surface area (Å²) in [7, 11) is -3.80. The van der Waals surface area contributed by atoms with E-state index in [1.807, 2.05) is 0 Å². The van der Waals surface area contributed by atoms with Crippen LogP contribution in [0, 0.1) is 24.1 Å². The molecule has 0 N–H and O–H groups in total. The number of allylic oxidation sites excluding steroid dienone is 1. The van der Waals surface area contributed by atoms with Gasteiger partial charge in [-0.3, -0.25) is 0 Å². The maximum atomic E-state index is 13.3. The van der Waals surface area contributed by atoms with E-state index >= 15 is 0 Å². The van der Waals surface area contributed by atoms with Gasteiger partial charge in [0.15, 0.2) is 9.84 Å². The van der Waals surface area contributed by atoms with E-state index < -0.39 is 9.84 Å². The van der Waals surface area contributed by atoms with Gasteiger partial charge in [-0.1, -0.05) is 29.8 Å². The second kappa shape index (κ2) is 6.95. The zero-order valence-corrected chi connectivity index (χ0v) is 13.8. The number of nitrogens with zero attached hydrogens (tertiary/aromatic N) is 1. The van der Waals surface area contributed by atoms with Crippen LogP contribution in [0.1, 0.15) is 16.7 Å². The lowest BCUT2D eigenvalue weighted by Crippen LogP contribution is -2.06. The van der Waals surface area contributed by atoms with Gasteiger partial charge in [-0.25, -0.2) is 12.8 Å². The lowest BCUT2D eigenvalue weighted by Gasteiger charge is -2.04. The van der Waals surface area contributed by atoms with Gasteiger partial charge in [0, 0.05) is 5.02 Å². The van der Waals surface area contributed by atoms with E-state index in [0.29, 0.717) is 21.7 Å². The van der Waals surface area contributed by atoms with Gasteiger partial charge in [0.25, 0.3) is 0 Å². The molecule has 118 valence electrons. The third-order valence-corrected chi connectivity index (χ3v) is 5.04. The zero-order valence-electron chi connectivity index (χ0n) is 12.3.